The Morgan fingerprint density at radius 1 is 1.29 bits per heavy atom. The summed E-state index contributed by atoms with van der Waals surface area (Å²) in [6, 6.07) is 4.86. The summed E-state index contributed by atoms with van der Waals surface area (Å²) < 4.78 is 0. The molecular formula is C14H23N3. The maximum atomic E-state index is 4.05. The second kappa shape index (κ2) is 6.72. The highest BCUT2D eigenvalue weighted by molar-refractivity contribution is 5.09. The molecule has 0 spiro atoms. The minimum Gasteiger partial charge on any atom is -0.313 e. The van der Waals surface area contributed by atoms with Gasteiger partial charge in [0.15, 0.2) is 0 Å². The van der Waals surface area contributed by atoms with E-state index in [9.17, 15) is 0 Å². The quantitative estimate of drug-likeness (QED) is 0.862. The molecule has 17 heavy (non-hydrogen) atoms. The maximum Gasteiger partial charge on any atom is 0.0271 e. The minimum atomic E-state index is 0.671. The van der Waals surface area contributed by atoms with Gasteiger partial charge in [0.25, 0.3) is 0 Å². The smallest absolute Gasteiger partial charge is 0.0271 e. The van der Waals surface area contributed by atoms with E-state index >= 15 is 0 Å². The summed E-state index contributed by atoms with van der Waals surface area (Å²) in [6.07, 6.45) is 9.16. The molecule has 1 aliphatic rings. The average molecular weight is 233 g/mol. The Hall–Kier alpha value is -0.930. The maximum absolute atomic E-state index is 4.05. The Kier molecular flexibility index (Phi) is 4.95. The van der Waals surface area contributed by atoms with Gasteiger partial charge in [0.2, 0.25) is 0 Å². The van der Waals surface area contributed by atoms with Gasteiger partial charge < -0.3 is 10.2 Å². The van der Waals surface area contributed by atoms with E-state index in [1.54, 1.807) is 0 Å². The van der Waals surface area contributed by atoms with Crippen LogP contribution in [0.2, 0.25) is 0 Å². The third-order valence-electron chi connectivity index (χ3n) is 3.40. The van der Waals surface area contributed by atoms with Gasteiger partial charge in [-0.3, -0.25) is 4.98 Å². The van der Waals surface area contributed by atoms with Gasteiger partial charge in [0.05, 0.1) is 0 Å². The second-order valence-electron chi connectivity index (χ2n) is 5.05. The third kappa shape index (κ3) is 4.44. The molecule has 1 aliphatic heterocycles. The number of nitrogens with zero attached hydrogens (tertiary/aromatic N) is 2. The van der Waals surface area contributed by atoms with E-state index in [4.69, 9.17) is 0 Å². The van der Waals surface area contributed by atoms with Gasteiger partial charge >= 0.3 is 0 Å². The molecule has 2 heterocycles. The van der Waals surface area contributed by atoms with Crippen molar-refractivity contribution in [3.63, 3.8) is 0 Å². The Bertz CT molecular complexity index is 305. The first-order valence-corrected chi connectivity index (χ1v) is 6.65. The fourth-order valence-electron chi connectivity index (χ4n) is 2.50. The summed E-state index contributed by atoms with van der Waals surface area (Å²) in [5.74, 6) is 0. The lowest BCUT2D eigenvalue weighted by Crippen LogP contribution is -2.38. The summed E-state index contributed by atoms with van der Waals surface area (Å²) in [4.78, 5) is 6.45. The molecule has 1 aromatic heterocycles. The summed E-state index contributed by atoms with van der Waals surface area (Å²) >= 11 is 0. The monoisotopic (exact) mass is 233 g/mol. The molecule has 2 rings (SSSR count). The van der Waals surface area contributed by atoms with Crippen molar-refractivity contribution in [2.75, 3.05) is 20.1 Å². The Balaban J connectivity index is 1.78. The van der Waals surface area contributed by atoms with Crippen LogP contribution in [0.5, 0.6) is 0 Å². The highest BCUT2D eigenvalue weighted by atomic mass is 15.1. The van der Waals surface area contributed by atoms with Crippen molar-refractivity contribution in [1.82, 2.24) is 15.2 Å². The first-order chi connectivity index (χ1) is 8.34. The Labute approximate surface area is 104 Å². The first kappa shape index (κ1) is 12.5. The molecule has 1 aromatic rings. The average Bonchev–Trinajstić information content (AvgIpc) is 2.59. The van der Waals surface area contributed by atoms with Crippen molar-refractivity contribution >= 4 is 0 Å². The number of likely N-dealkylation sites (N-methyl/N-ethyl adjacent to an activating group) is 1. The van der Waals surface area contributed by atoms with Gasteiger partial charge in [0.1, 0.15) is 0 Å². The zero-order chi connectivity index (χ0) is 11.9. The SMILES string of the molecule is CN(Cc1ccncc1)CC1CCCCCN1. The number of hydrogen-bond donors (Lipinski definition) is 1. The molecule has 0 amide bonds. The topological polar surface area (TPSA) is 28.2 Å². The molecule has 1 unspecified atom stereocenters. The van der Waals surface area contributed by atoms with Crippen LogP contribution in [0.1, 0.15) is 31.2 Å². The van der Waals surface area contributed by atoms with E-state index < -0.39 is 0 Å². The van der Waals surface area contributed by atoms with Gasteiger partial charge in [-0.15, -0.1) is 0 Å². The van der Waals surface area contributed by atoms with Gasteiger partial charge in [-0.1, -0.05) is 12.8 Å². The van der Waals surface area contributed by atoms with Gasteiger partial charge in [0, 0.05) is 31.5 Å². The van der Waals surface area contributed by atoms with Crippen LogP contribution in [0.4, 0.5) is 0 Å². The first-order valence-electron chi connectivity index (χ1n) is 6.65. The zero-order valence-corrected chi connectivity index (χ0v) is 10.7. The van der Waals surface area contributed by atoms with E-state index in [2.05, 4.69) is 34.4 Å². The molecule has 0 aliphatic carbocycles. The number of pyridine rings is 1. The van der Waals surface area contributed by atoms with Crippen LogP contribution in [0.25, 0.3) is 0 Å². The summed E-state index contributed by atoms with van der Waals surface area (Å²) in [7, 11) is 2.20. The fourth-order valence-corrected chi connectivity index (χ4v) is 2.50. The number of aromatic nitrogens is 1. The number of nitrogens with one attached hydrogen (secondary N) is 1. The molecule has 0 bridgehead atoms. The molecule has 3 heteroatoms. The van der Waals surface area contributed by atoms with Crippen LogP contribution in [0.3, 0.4) is 0 Å². The molecule has 3 nitrogen and oxygen atoms in total. The van der Waals surface area contributed by atoms with Crippen LogP contribution < -0.4 is 5.32 Å². The van der Waals surface area contributed by atoms with E-state index in [1.165, 1.54) is 37.8 Å². The largest absolute Gasteiger partial charge is 0.313 e. The van der Waals surface area contributed by atoms with Crippen molar-refractivity contribution < 1.29 is 0 Å². The minimum absolute atomic E-state index is 0.671. The van der Waals surface area contributed by atoms with Crippen LogP contribution in [-0.4, -0.2) is 36.1 Å². The molecule has 1 atom stereocenters. The molecular weight excluding hydrogens is 210 g/mol. The van der Waals surface area contributed by atoms with E-state index in [1.807, 2.05) is 12.4 Å². The van der Waals surface area contributed by atoms with E-state index in [0.29, 0.717) is 6.04 Å². The summed E-state index contributed by atoms with van der Waals surface area (Å²) in [5, 5.41) is 3.64. The fraction of sp³-hybridized carbons (Fsp3) is 0.643. The Morgan fingerprint density at radius 2 is 2.12 bits per heavy atom. The van der Waals surface area contributed by atoms with E-state index in [0.717, 1.165) is 13.1 Å². The molecule has 1 saturated heterocycles. The standard InChI is InChI=1S/C14H23N3/c1-17(11-13-6-9-15-10-7-13)12-14-5-3-2-4-8-16-14/h6-7,9-10,14,16H,2-5,8,11-12H2,1H3. The normalized spacial score (nSPS) is 21.4. The van der Waals surface area contributed by atoms with Crippen LogP contribution in [0.15, 0.2) is 24.5 Å². The molecule has 0 aromatic carbocycles. The zero-order valence-electron chi connectivity index (χ0n) is 10.7. The molecule has 0 radical (unpaired) electrons. The lowest BCUT2D eigenvalue weighted by Gasteiger charge is -2.23. The van der Waals surface area contributed by atoms with Crippen LogP contribution >= 0.6 is 0 Å². The Morgan fingerprint density at radius 3 is 2.94 bits per heavy atom. The summed E-state index contributed by atoms with van der Waals surface area (Å²) in [5.41, 5.74) is 1.34. The van der Waals surface area contributed by atoms with Gasteiger partial charge in [-0.2, -0.15) is 0 Å². The van der Waals surface area contributed by atoms with E-state index in [-0.39, 0.29) is 0 Å². The second-order valence-corrected chi connectivity index (χ2v) is 5.05. The van der Waals surface area contributed by atoms with Crippen LogP contribution in [-0.2, 0) is 6.54 Å². The highest BCUT2D eigenvalue weighted by Crippen LogP contribution is 2.10. The third-order valence-corrected chi connectivity index (χ3v) is 3.40. The molecule has 1 fully saturated rings. The lowest BCUT2D eigenvalue weighted by molar-refractivity contribution is 0.278. The van der Waals surface area contributed by atoms with Gasteiger partial charge in [-0.25, -0.2) is 0 Å². The predicted molar refractivity (Wildman–Crippen MR) is 70.8 cm³/mol. The lowest BCUT2D eigenvalue weighted by atomic mass is 10.1. The van der Waals surface area contributed by atoms with Gasteiger partial charge in [-0.05, 0) is 44.1 Å². The van der Waals surface area contributed by atoms with Crippen molar-refractivity contribution in [2.24, 2.45) is 0 Å². The molecule has 0 saturated carbocycles. The number of rotatable bonds is 4. The van der Waals surface area contributed by atoms with Crippen LogP contribution in [0, 0.1) is 0 Å². The highest BCUT2D eigenvalue weighted by Gasteiger charge is 2.13. The predicted octanol–water partition coefficient (Wildman–Crippen LogP) is 2.05. The number of hydrogen-bond acceptors (Lipinski definition) is 3. The van der Waals surface area contributed by atoms with Crippen molar-refractivity contribution in [2.45, 2.75) is 38.3 Å². The molecule has 1 N–H and O–H groups in total. The molecule has 94 valence electrons. The van der Waals surface area contributed by atoms with Crippen molar-refractivity contribution in [3.8, 4) is 0 Å². The van der Waals surface area contributed by atoms with Crippen molar-refractivity contribution in [1.29, 1.82) is 0 Å². The van der Waals surface area contributed by atoms with Crippen molar-refractivity contribution in [3.05, 3.63) is 30.1 Å². The summed E-state index contributed by atoms with van der Waals surface area (Å²) in [6.45, 7) is 3.34.